The minimum absolute atomic E-state index is 0.744. The third-order valence-electron chi connectivity index (χ3n) is 15.3. The number of carbonyl (C=O) groups is 2. The van der Waals surface area contributed by atoms with E-state index in [0.29, 0.717) is 0 Å². The summed E-state index contributed by atoms with van der Waals surface area (Å²) in [5, 5.41) is 232. The summed E-state index contributed by atoms with van der Waals surface area (Å²) in [6.07, 6.45) is -65.9. The van der Waals surface area contributed by atoms with Gasteiger partial charge in [-0.2, -0.15) is 0 Å². The fraction of sp³-hybridized carbons (Fsp3) is 0.957. The molecule has 38 nitrogen and oxygen atoms in total. The van der Waals surface area contributed by atoms with Crippen molar-refractivity contribution in [1.29, 1.82) is 0 Å². The summed E-state index contributed by atoms with van der Waals surface area (Å²) >= 11 is 0. The molecule has 7 aliphatic heterocycles. The maximum atomic E-state index is 12.7. The monoisotopic (exact) mass is 1230 g/mol. The predicted molar refractivity (Wildman–Crippen MR) is 255 cm³/mol. The lowest BCUT2D eigenvalue weighted by Gasteiger charge is -2.50. The third kappa shape index (κ3) is 14.7. The van der Waals surface area contributed by atoms with Gasteiger partial charge in [-0.1, -0.05) is 0 Å². The first kappa shape index (κ1) is 69.1. The molecular weight excluding hydrogens is 1160 g/mol. The van der Waals surface area contributed by atoms with Gasteiger partial charge in [-0.25, -0.2) is 0 Å². The number of aliphatic hydroxyl groups is 21. The second-order valence-corrected chi connectivity index (χ2v) is 21.1. The average molecular weight is 1240 g/mol. The number of rotatable bonds is 21. The van der Waals surface area contributed by atoms with Crippen molar-refractivity contribution in [1.82, 2.24) is 10.6 Å². The minimum atomic E-state index is -2.41. The Labute approximate surface area is 475 Å². The number of hydrogen-bond donors (Lipinski definition) is 23. The van der Waals surface area contributed by atoms with Crippen molar-refractivity contribution in [3.8, 4) is 0 Å². The van der Waals surface area contributed by atoms with Crippen LogP contribution in [0.15, 0.2) is 0 Å². The van der Waals surface area contributed by atoms with Crippen molar-refractivity contribution in [2.45, 2.75) is 229 Å². The smallest absolute Gasteiger partial charge is 0.217 e. The highest BCUT2D eigenvalue weighted by Crippen LogP contribution is 2.38. The molecule has 23 N–H and O–H groups in total. The summed E-state index contributed by atoms with van der Waals surface area (Å²) in [6, 6.07) is -3.40. The molecule has 7 rings (SSSR count). The SMILES string of the molecule is CC(=O)N[C@@H]1[C@@H](O)[C@H](O[C@@H]2O[C@H](CO)[C@@H](O[C@H]3O[C@H](CO[C@H]4O[C@H](CO)[C@@H](O)[C@H](O[C@H]5O[C@H](CO)[C@@H](O)[C@H](O)[C@@H]5O)[C@@H]4O)[C@@H](O)[C@H](O[C@H]4O[C@H](CO)[C@@H](O)[C@H](O)[C@@H]4O[C@H]4O[C@H](CO)[C@@H](O)[C@H](O)[C@@H]4O)[C@@H]3O)[C@H](O)[C@H]2NC(C)=O)[C@@H](CO)O[C@H]1O. The number of carbonyl (C=O) groups excluding carboxylic acids is 2. The van der Waals surface area contributed by atoms with E-state index >= 15 is 0 Å². The molecule has 84 heavy (non-hydrogen) atoms. The second kappa shape index (κ2) is 29.9. The lowest BCUT2D eigenvalue weighted by molar-refractivity contribution is -0.398. The van der Waals surface area contributed by atoms with E-state index in [0.717, 1.165) is 13.8 Å². The fourth-order valence-corrected chi connectivity index (χ4v) is 10.7. The first-order chi connectivity index (χ1) is 39.7. The first-order valence-corrected chi connectivity index (χ1v) is 26.6. The van der Waals surface area contributed by atoms with Crippen LogP contribution in [0.5, 0.6) is 0 Å². The van der Waals surface area contributed by atoms with E-state index in [1.807, 2.05) is 0 Å². The molecule has 0 aromatic heterocycles. The van der Waals surface area contributed by atoms with Crippen LogP contribution in [-0.4, -0.2) is 380 Å². The quantitative estimate of drug-likeness (QED) is 0.0507. The van der Waals surface area contributed by atoms with Crippen LogP contribution in [0.1, 0.15) is 13.8 Å². The molecule has 2 amide bonds. The van der Waals surface area contributed by atoms with Gasteiger partial charge in [-0.3, -0.25) is 9.59 Å². The van der Waals surface area contributed by atoms with Gasteiger partial charge in [0.05, 0.1) is 46.2 Å². The Balaban J connectivity index is 1.20. The molecule has 0 bridgehead atoms. The molecule has 0 radical (unpaired) electrons. The van der Waals surface area contributed by atoms with E-state index in [9.17, 15) is 117 Å². The number of ether oxygens (including phenoxy) is 13. The van der Waals surface area contributed by atoms with Gasteiger partial charge in [0.15, 0.2) is 44.0 Å². The minimum Gasteiger partial charge on any atom is -0.394 e. The number of amides is 2. The van der Waals surface area contributed by atoms with Crippen molar-refractivity contribution < 1.29 is 178 Å². The standard InChI is InChI=1S/C46H78N2O36/c1-10(55)47-19-26(62)35(16(7-53)73-40(19)71)80-41-20(48-11(2)56)27(63)36(17(8-54)78-41)81-45-34(70)38(83-46-39(30(66)23(59)14(5-51)77-46)84-44-32(68)29(65)22(58)13(4-50)76-44)25(61)18(79-45)9-72-42-33(69)37(24(60)15(6-52)74-42)82-43-31(67)28(64)21(57)12(3-49)75-43/h12-46,49-54,57-71H,3-9H2,1-2H3,(H,47,55)(H,48,56)/t12-,13-,14-,15-,16-,17-,18-,19-,20-,21-,22-,23-,24-,25-,26-,27-,28+,29+,30+,31+,32+,33+,34+,35-,36-,37+,38+,39+,40-,41+,42+,43-,44-,45-,46-/m1/s1. The zero-order valence-electron chi connectivity index (χ0n) is 44.7. The molecule has 38 heteroatoms. The zero-order chi connectivity index (χ0) is 61.9. The molecule has 0 aromatic carbocycles. The molecule has 0 saturated carbocycles. The summed E-state index contributed by atoms with van der Waals surface area (Å²) in [5.41, 5.74) is 0. The van der Waals surface area contributed by atoms with Crippen LogP contribution in [-0.2, 0) is 71.2 Å². The molecular formula is C46H78N2O36. The molecule has 7 heterocycles. The summed E-state index contributed by atoms with van der Waals surface area (Å²) in [6.45, 7) is -5.04. The van der Waals surface area contributed by atoms with E-state index in [1.165, 1.54) is 0 Å². The molecule has 0 aromatic rings. The van der Waals surface area contributed by atoms with Gasteiger partial charge in [-0.15, -0.1) is 0 Å². The van der Waals surface area contributed by atoms with Crippen molar-refractivity contribution in [3.63, 3.8) is 0 Å². The molecule has 7 saturated heterocycles. The van der Waals surface area contributed by atoms with Gasteiger partial charge in [0, 0.05) is 13.8 Å². The molecule has 35 atom stereocenters. The Kier molecular flexibility index (Phi) is 24.6. The summed E-state index contributed by atoms with van der Waals surface area (Å²) < 4.78 is 74.6. The lowest BCUT2D eigenvalue weighted by atomic mass is 9.94. The van der Waals surface area contributed by atoms with Crippen LogP contribution in [0.3, 0.4) is 0 Å². The van der Waals surface area contributed by atoms with Gasteiger partial charge in [0.2, 0.25) is 11.8 Å². The van der Waals surface area contributed by atoms with Gasteiger partial charge >= 0.3 is 0 Å². The van der Waals surface area contributed by atoms with E-state index in [-0.39, 0.29) is 0 Å². The maximum Gasteiger partial charge on any atom is 0.217 e. The Morgan fingerprint density at radius 3 is 1.14 bits per heavy atom. The molecule has 7 fully saturated rings. The maximum absolute atomic E-state index is 12.7. The summed E-state index contributed by atoms with van der Waals surface area (Å²) in [7, 11) is 0. The van der Waals surface area contributed by atoms with E-state index in [4.69, 9.17) is 61.6 Å². The zero-order valence-corrected chi connectivity index (χ0v) is 44.7. The van der Waals surface area contributed by atoms with Crippen LogP contribution in [0.4, 0.5) is 0 Å². The highest BCUT2D eigenvalue weighted by Gasteiger charge is 2.59. The molecule has 7 aliphatic rings. The fourth-order valence-electron chi connectivity index (χ4n) is 10.7. The Morgan fingerprint density at radius 1 is 0.310 bits per heavy atom. The number of hydrogen-bond acceptors (Lipinski definition) is 36. The number of aliphatic hydroxyl groups excluding tert-OH is 21. The topological polar surface area (TPSA) is 603 Å². The van der Waals surface area contributed by atoms with E-state index in [2.05, 4.69) is 10.6 Å². The van der Waals surface area contributed by atoms with Crippen molar-refractivity contribution in [3.05, 3.63) is 0 Å². The number of nitrogens with one attached hydrogen (secondary N) is 2. The largest absolute Gasteiger partial charge is 0.394 e. The molecule has 0 unspecified atom stereocenters. The predicted octanol–water partition coefficient (Wildman–Crippen LogP) is -16.0. The highest BCUT2D eigenvalue weighted by atomic mass is 16.8. The lowest BCUT2D eigenvalue weighted by Crippen LogP contribution is -2.70. The van der Waals surface area contributed by atoms with Crippen molar-refractivity contribution in [2.24, 2.45) is 0 Å². The van der Waals surface area contributed by atoms with Gasteiger partial charge in [0.1, 0.15) is 171 Å². The Morgan fingerprint density at radius 2 is 0.643 bits per heavy atom. The van der Waals surface area contributed by atoms with Crippen LogP contribution in [0.25, 0.3) is 0 Å². The average Bonchev–Trinajstić information content (AvgIpc) is 2.62. The Hall–Kier alpha value is -2.42. The van der Waals surface area contributed by atoms with Gasteiger partial charge in [-0.05, 0) is 0 Å². The van der Waals surface area contributed by atoms with Crippen molar-refractivity contribution in [2.75, 3.05) is 46.2 Å². The van der Waals surface area contributed by atoms with Gasteiger partial charge in [0.25, 0.3) is 0 Å². The third-order valence-corrected chi connectivity index (χ3v) is 15.3. The Bertz CT molecular complexity index is 2060. The van der Waals surface area contributed by atoms with Crippen LogP contribution < -0.4 is 10.6 Å². The van der Waals surface area contributed by atoms with Crippen LogP contribution in [0, 0.1) is 0 Å². The summed E-state index contributed by atoms with van der Waals surface area (Å²) in [4.78, 5) is 24.7. The molecule has 0 aliphatic carbocycles. The van der Waals surface area contributed by atoms with Gasteiger partial charge < -0.3 is 179 Å². The van der Waals surface area contributed by atoms with E-state index in [1.54, 1.807) is 0 Å². The van der Waals surface area contributed by atoms with Crippen LogP contribution >= 0.6 is 0 Å². The highest BCUT2D eigenvalue weighted by molar-refractivity contribution is 5.73. The second-order valence-electron chi connectivity index (χ2n) is 21.1. The van der Waals surface area contributed by atoms with E-state index < -0.39 is 273 Å². The normalized spacial score (nSPS) is 50.3. The molecule has 488 valence electrons. The van der Waals surface area contributed by atoms with Crippen molar-refractivity contribution >= 4 is 11.8 Å². The first-order valence-electron chi connectivity index (χ1n) is 26.6. The summed E-state index contributed by atoms with van der Waals surface area (Å²) in [5.74, 6) is -1.62. The van der Waals surface area contributed by atoms with Crippen LogP contribution in [0.2, 0.25) is 0 Å². The molecule has 0 spiro atoms.